The predicted octanol–water partition coefficient (Wildman–Crippen LogP) is 2.09. The van der Waals surface area contributed by atoms with Crippen LogP contribution in [0.1, 0.15) is 0 Å². The van der Waals surface area contributed by atoms with Crippen molar-refractivity contribution in [3.8, 4) is 11.4 Å². The minimum absolute atomic E-state index is 0.160. The highest BCUT2D eigenvalue weighted by atomic mass is 16.3. The van der Waals surface area contributed by atoms with Crippen LogP contribution in [0.3, 0.4) is 0 Å². The van der Waals surface area contributed by atoms with Crippen LogP contribution in [0, 0.1) is 0 Å². The molecule has 0 aliphatic rings. The normalized spacial score (nSPS) is 10.7. The van der Waals surface area contributed by atoms with Crippen LogP contribution < -0.4 is 5.56 Å². The second-order valence-corrected chi connectivity index (χ2v) is 3.97. The molecule has 0 amide bonds. The summed E-state index contributed by atoms with van der Waals surface area (Å²) >= 11 is 0. The van der Waals surface area contributed by atoms with Gasteiger partial charge in [0.25, 0.3) is 5.56 Å². The number of phenols is 1. The van der Waals surface area contributed by atoms with Gasteiger partial charge in [0.05, 0.1) is 17.3 Å². The minimum atomic E-state index is -0.168. The van der Waals surface area contributed by atoms with Crippen LogP contribution in [0.25, 0.3) is 16.5 Å². The van der Waals surface area contributed by atoms with E-state index in [0.717, 1.165) is 5.39 Å². The van der Waals surface area contributed by atoms with Gasteiger partial charge >= 0.3 is 0 Å². The summed E-state index contributed by atoms with van der Waals surface area (Å²) in [4.78, 5) is 12.3. The Morgan fingerprint density at radius 1 is 1.00 bits per heavy atom. The number of benzene rings is 2. The number of phenolic OH excluding ortho intramolecular Hbond substituents is 1. The summed E-state index contributed by atoms with van der Waals surface area (Å²) in [5.74, 6) is 0.160. The van der Waals surface area contributed by atoms with Crippen molar-refractivity contribution in [3.63, 3.8) is 0 Å². The summed E-state index contributed by atoms with van der Waals surface area (Å²) in [7, 11) is 0. The minimum Gasteiger partial charge on any atom is -0.508 e. The van der Waals surface area contributed by atoms with Gasteiger partial charge in [0.15, 0.2) is 0 Å². The Labute approximate surface area is 103 Å². The summed E-state index contributed by atoms with van der Waals surface area (Å²) in [6, 6.07) is 13.7. The average Bonchev–Trinajstić information content (AvgIpc) is 2.41. The lowest BCUT2D eigenvalue weighted by atomic mass is 10.2. The van der Waals surface area contributed by atoms with Crippen molar-refractivity contribution in [2.75, 3.05) is 0 Å². The molecule has 0 atom stereocenters. The van der Waals surface area contributed by atoms with Gasteiger partial charge in [-0.15, -0.1) is 0 Å². The number of hydrogen-bond acceptors (Lipinski definition) is 3. The molecule has 4 heteroatoms. The molecule has 0 fully saturated rings. The van der Waals surface area contributed by atoms with Gasteiger partial charge in [-0.3, -0.25) is 4.79 Å². The van der Waals surface area contributed by atoms with Crippen molar-refractivity contribution in [1.82, 2.24) is 9.78 Å². The van der Waals surface area contributed by atoms with Crippen LogP contribution in [0.2, 0.25) is 0 Å². The maximum absolute atomic E-state index is 12.3. The Balaban J connectivity index is 2.27. The molecule has 1 heterocycles. The molecule has 0 spiro atoms. The molecule has 3 rings (SSSR count). The third-order valence-electron chi connectivity index (χ3n) is 2.79. The number of fused-ring (bicyclic) bond motifs is 1. The van der Waals surface area contributed by atoms with E-state index in [2.05, 4.69) is 5.10 Å². The Bertz CT molecular complexity index is 761. The third kappa shape index (κ3) is 1.64. The van der Waals surface area contributed by atoms with Gasteiger partial charge in [0.2, 0.25) is 0 Å². The van der Waals surface area contributed by atoms with E-state index in [1.165, 1.54) is 16.8 Å². The molecule has 0 bridgehead atoms. The van der Waals surface area contributed by atoms with Gasteiger partial charge < -0.3 is 5.11 Å². The number of rotatable bonds is 1. The van der Waals surface area contributed by atoms with E-state index < -0.39 is 0 Å². The molecule has 0 aliphatic heterocycles. The summed E-state index contributed by atoms with van der Waals surface area (Å²) in [6.45, 7) is 0. The van der Waals surface area contributed by atoms with Gasteiger partial charge in [-0.05, 0) is 30.3 Å². The van der Waals surface area contributed by atoms with Crippen molar-refractivity contribution in [2.45, 2.75) is 0 Å². The van der Waals surface area contributed by atoms with Crippen LogP contribution in [0.15, 0.2) is 59.5 Å². The van der Waals surface area contributed by atoms with Crippen LogP contribution in [-0.4, -0.2) is 14.9 Å². The molecular formula is C14H10N2O2. The fourth-order valence-corrected chi connectivity index (χ4v) is 1.87. The molecular weight excluding hydrogens is 228 g/mol. The lowest BCUT2D eigenvalue weighted by Crippen LogP contribution is -2.20. The predicted molar refractivity (Wildman–Crippen MR) is 69.0 cm³/mol. The summed E-state index contributed by atoms with van der Waals surface area (Å²) in [5, 5.41) is 14.8. The van der Waals surface area contributed by atoms with Gasteiger partial charge in [-0.2, -0.15) is 9.78 Å². The molecule has 18 heavy (non-hydrogen) atoms. The number of hydrogen-bond donors (Lipinski definition) is 1. The highest BCUT2D eigenvalue weighted by Gasteiger charge is 2.05. The van der Waals surface area contributed by atoms with Crippen LogP contribution in [0.5, 0.6) is 5.75 Å². The molecule has 3 aromatic rings. The molecule has 4 nitrogen and oxygen atoms in total. The fraction of sp³-hybridized carbons (Fsp3) is 0. The first kappa shape index (κ1) is 10.5. The third-order valence-corrected chi connectivity index (χ3v) is 2.79. The van der Waals surface area contributed by atoms with E-state index in [4.69, 9.17) is 0 Å². The van der Waals surface area contributed by atoms with Crippen molar-refractivity contribution in [1.29, 1.82) is 0 Å². The summed E-state index contributed by atoms with van der Waals surface area (Å²) < 4.78 is 1.32. The van der Waals surface area contributed by atoms with E-state index in [9.17, 15) is 9.90 Å². The average molecular weight is 238 g/mol. The lowest BCUT2D eigenvalue weighted by Gasteiger charge is -2.05. The van der Waals surface area contributed by atoms with Crippen LogP contribution in [-0.2, 0) is 0 Å². The van der Waals surface area contributed by atoms with Crippen molar-refractivity contribution in [2.24, 2.45) is 0 Å². The van der Waals surface area contributed by atoms with E-state index in [-0.39, 0.29) is 11.3 Å². The Morgan fingerprint density at radius 2 is 1.72 bits per heavy atom. The molecule has 0 unspecified atom stereocenters. The zero-order valence-corrected chi connectivity index (χ0v) is 9.45. The van der Waals surface area contributed by atoms with E-state index in [1.807, 2.05) is 18.2 Å². The fourth-order valence-electron chi connectivity index (χ4n) is 1.87. The maximum atomic E-state index is 12.3. The highest BCUT2D eigenvalue weighted by molar-refractivity contribution is 5.80. The smallest absolute Gasteiger partial charge is 0.279 e. The van der Waals surface area contributed by atoms with E-state index >= 15 is 0 Å². The van der Waals surface area contributed by atoms with E-state index in [1.54, 1.807) is 24.4 Å². The SMILES string of the molecule is O=c1c2ccccc2cnn1-c1ccc(O)cc1. The highest BCUT2D eigenvalue weighted by Crippen LogP contribution is 2.13. The maximum Gasteiger partial charge on any atom is 0.279 e. The monoisotopic (exact) mass is 238 g/mol. The molecule has 0 saturated carbocycles. The first-order valence-corrected chi connectivity index (χ1v) is 5.52. The molecule has 0 aliphatic carbocycles. The van der Waals surface area contributed by atoms with Crippen molar-refractivity contribution < 1.29 is 5.11 Å². The molecule has 2 aromatic carbocycles. The first-order valence-electron chi connectivity index (χ1n) is 5.52. The quantitative estimate of drug-likeness (QED) is 0.706. The largest absolute Gasteiger partial charge is 0.508 e. The second-order valence-electron chi connectivity index (χ2n) is 3.97. The first-order chi connectivity index (χ1) is 8.75. The zero-order chi connectivity index (χ0) is 12.5. The summed E-state index contributed by atoms with van der Waals surface area (Å²) in [5.41, 5.74) is 0.461. The van der Waals surface area contributed by atoms with Gasteiger partial charge in [-0.25, -0.2) is 0 Å². The molecule has 0 radical (unpaired) electrons. The topological polar surface area (TPSA) is 55.1 Å². The lowest BCUT2D eigenvalue weighted by molar-refractivity contribution is 0.475. The molecule has 88 valence electrons. The zero-order valence-electron chi connectivity index (χ0n) is 9.45. The Kier molecular flexibility index (Phi) is 2.34. The van der Waals surface area contributed by atoms with Gasteiger partial charge in [-0.1, -0.05) is 18.2 Å². The van der Waals surface area contributed by atoms with E-state index in [0.29, 0.717) is 11.1 Å². The van der Waals surface area contributed by atoms with Crippen LogP contribution >= 0.6 is 0 Å². The van der Waals surface area contributed by atoms with Crippen LogP contribution in [0.4, 0.5) is 0 Å². The second kappa shape index (κ2) is 4.00. The number of aromatic nitrogens is 2. The standard InChI is InChI=1S/C14H10N2O2/c17-12-7-5-11(6-8-12)16-14(18)13-4-2-1-3-10(13)9-15-16/h1-9,17H. The number of aromatic hydroxyl groups is 1. The number of nitrogens with zero attached hydrogens (tertiary/aromatic N) is 2. The molecule has 1 aromatic heterocycles. The van der Waals surface area contributed by atoms with Gasteiger partial charge in [0, 0.05) is 5.39 Å². The Hall–Kier alpha value is -2.62. The van der Waals surface area contributed by atoms with Gasteiger partial charge in [0.1, 0.15) is 5.75 Å². The van der Waals surface area contributed by atoms with Crippen molar-refractivity contribution in [3.05, 3.63) is 65.1 Å². The van der Waals surface area contributed by atoms with Crippen molar-refractivity contribution >= 4 is 10.8 Å². The molecule has 1 N–H and O–H groups in total. The summed E-state index contributed by atoms with van der Waals surface area (Å²) in [6.07, 6.45) is 1.66. The molecule has 0 saturated heterocycles. The Morgan fingerprint density at radius 3 is 2.50 bits per heavy atom.